The second kappa shape index (κ2) is 4.31. The molecular formula is C10H20N8OP2S. The van der Waals surface area contributed by atoms with Crippen molar-refractivity contribution in [3.05, 3.63) is 0 Å². The Morgan fingerprint density at radius 3 is 1.64 bits per heavy atom. The first kappa shape index (κ1) is 13.6. The summed E-state index contributed by atoms with van der Waals surface area (Å²) in [6, 6.07) is 0. The fourth-order valence-electron chi connectivity index (χ4n) is 3.07. The molecule has 0 spiro atoms. The maximum atomic E-state index is 13.2. The molecule has 12 heteroatoms. The van der Waals surface area contributed by atoms with Gasteiger partial charge in [-0.1, -0.05) is 4.18 Å². The molecule has 0 aromatic heterocycles. The topological polar surface area (TPSA) is 60.1 Å². The smallest absolute Gasteiger partial charge is 0.241 e. The highest BCUT2D eigenvalue weighted by atomic mass is 32.2. The average molecular weight is 362 g/mol. The van der Waals surface area contributed by atoms with Crippen LogP contribution in [0.5, 0.6) is 0 Å². The average Bonchev–Trinajstić information content (AvgIpc) is 3.34. The van der Waals surface area contributed by atoms with Gasteiger partial charge in [0.05, 0.1) is 0 Å². The zero-order valence-corrected chi connectivity index (χ0v) is 15.0. The molecule has 0 bridgehead atoms. The summed E-state index contributed by atoms with van der Waals surface area (Å²) >= 11 is -1.28. The normalized spacial score (nSPS) is 40.8. The Balaban J connectivity index is 1.59. The van der Waals surface area contributed by atoms with Crippen molar-refractivity contribution in [1.29, 1.82) is 0 Å². The molecule has 0 radical (unpaired) electrons. The van der Waals surface area contributed by atoms with Crippen LogP contribution in [0.2, 0.25) is 0 Å². The standard InChI is InChI=1S/C10H20N8OP2S/c19-22-12-20(14-3-4-14,15-5-6-15)11-21(16-7-8-16,17-9-10-17)18(22)13-1-2-13/h1-10H2. The third-order valence-electron chi connectivity index (χ3n) is 4.67. The van der Waals surface area contributed by atoms with Gasteiger partial charge in [-0.15, -0.1) is 4.15 Å². The molecule has 5 fully saturated rings. The highest BCUT2D eigenvalue weighted by Crippen LogP contribution is 2.79. The zero-order chi connectivity index (χ0) is 14.5. The fraction of sp³-hybridized carbons (Fsp3) is 1.00. The summed E-state index contributed by atoms with van der Waals surface area (Å²) in [4.78, 5) is 0. The van der Waals surface area contributed by atoms with Crippen molar-refractivity contribution >= 4 is 26.2 Å². The Hall–Kier alpha value is 0.370. The van der Waals surface area contributed by atoms with Crippen LogP contribution in [-0.2, 0) is 11.2 Å². The lowest BCUT2D eigenvalue weighted by Crippen LogP contribution is -2.35. The molecule has 0 aromatic carbocycles. The third-order valence-corrected chi connectivity index (χ3v) is 15.0. The lowest BCUT2D eigenvalue weighted by atomic mass is 11.0. The van der Waals surface area contributed by atoms with Crippen molar-refractivity contribution in [2.45, 2.75) is 0 Å². The van der Waals surface area contributed by atoms with E-state index in [1.165, 1.54) is 0 Å². The molecule has 0 aliphatic carbocycles. The van der Waals surface area contributed by atoms with Gasteiger partial charge in [0.25, 0.3) is 0 Å². The first-order valence-corrected chi connectivity index (χ1v) is 12.3. The fourth-order valence-corrected chi connectivity index (χ4v) is 15.2. The van der Waals surface area contributed by atoms with Crippen LogP contribution in [0.4, 0.5) is 0 Å². The minimum absolute atomic E-state index is 0.999. The van der Waals surface area contributed by atoms with E-state index in [1.807, 2.05) is 0 Å². The molecule has 6 aliphatic rings. The van der Waals surface area contributed by atoms with Crippen molar-refractivity contribution in [1.82, 2.24) is 27.9 Å². The maximum absolute atomic E-state index is 13.2. The van der Waals surface area contributed by atoms with E-state index >= 15 is 0 Å². The van der Waals surface area contributed by atoms with Crippen molar-refractivity contribution in [2.75, 3.05) is 65.4 Å². The predicted molar refractivity (Wildman–Crippen MR) is 86.5 cm³/mol. The van der Waals surface area contributed by atoms with Crippen LogP contribution < -0.4 is 0 Å². The Morgan fingerprint density at radius 1 is 0.727 bits per heavy atom. The van der Waals surface area contributed by atoms with Gasteiger partial charge in [0.2, 0.25) is 26.2 Å². The maximum Gasteiger partial charge on any atom is 0.243 e. The lowest BCUT2D eigenvalue weighted by molar-refractivity contribution is 0.331. The molecule has 0 N–H and O–H groups in total. The number of nitrogens with zero attached hydrogens (tertiary/aromatic N) is 8. The zero-order valence-electron chi connectivity index (χ0n) is 12.4. The van der Waals surface area contributed by atoms with Crippen LogP contribution in [0.1, 0.15) is 0 Å². The second-order valence-corrected chi connectivity index (χ2v) is 13.7. The molecule has 1 atom stereocenters. The van der Waals surface area contributed by atoms with Crippen molar-refractivity contribution in [2.24, 2.45) is 8.67 Å². The van der Waals surface area contributed by atoms with E-state index in [1.54, 1.807) is 0 Å². The van der Waals surface area contributed by atoms with Gasteiger partial charge >= 0.3 is 0 Å². The Morgan fingerprint density at radius 2 is 1.23 bits per heavy atom. The van der Waals surface area contributed by atoms with Crippen molar-refractivity contribution in [3.8, 4) is 0 Å². The molecule has 6 heterocycles. The molecule has 0 amide bonds. The first-order chi connectivity index (χ1) is 10.7. The number of hydrogen-bond acceptors (Lipinski definition) is 7. The molecule has 5 saturated heterocycles. The van der Waals surface area contributed by atoms with E-state index in [9.17, 15) is 4.21 Å². The minimum Gasteiger partial charge on any atom is -0.241 e. The van der Waals surface area contributed by atoms with Gasteiger partial charge in [0.15, 0.2) is 0 Å². The van der Waals surface area contributed by atoms with Gasteiger partial charge in [0, 0.05) is 65.4 Å². The van der Waals surface area contributed by atoms with Crippen molar-refractivity contribution in [3.63, 3.8) is 0 Å². The van der Waals surface area contributed by atoms with Gasteiger partial charge in [-0.2, -0.15) is 4.52 Å². The molecule has 0 saturated carbocycles. The van der Waals surface area contributed by atoms with Crippen LogP contribution in [0.15, 0.2) is 8.67 Å². The molecule has 0 aromatic rings. The largest absolute Gasteiger partial charge is 0.243 e. The summed E-state index contributed by atoms with van der Waals surface area (Å²) in [7, 11) is -4.05. The lowest BCUT2D eigenvalue weighted by Gasteiger charge is -2.41. The molecule has 6 aliphatic heterocycles. The third kappa shape index (κ3) is 1.84. The Kier molecular flexibility index (Phi) is 2.67. The monoisotopic (exact) mass is 362 g/mol. The van der Waals surface area contributed by atoms with Crippen LogP contribution in [-0.4, -0.2) is 97.5 Å². The van der Waals surface area contributed by atoms with E-state index in [0.29, 0.717) is 0 Å². The highest BCUT2D eigenvalue weighted by molar-refractivity contribution is 7.95. The molecule has 1 unspecified atom stereocenters. The van der Waals surface area contributed by atoms with E-state index in [0.717, 1.165) is 65.4 Å². The van der Waals surface area contributed by atoms with Crippen molar-refractivity contribution < 1.29 is 4.21 Å². The molecule has 22 heavy (non-hydrogen) atoms. The predicted octanol–water partition coefficient (Wildman–Crippen LogP) is 0.266. The Labute approximate surface area is 132 Å². The van der Waals surface area contributed by atoms with E-state index in [4.69, 9.17) is 8.67 Å². The van der Waals surface area contributed by atoms with Gasteiger partial charge in [0.1, 0.15) is 0 Å². The summed E-state index contributed by atoms with van der Waals surface area (Å²) in [5.74, 6) is 0. The second-order valence-electron chi connectivity index (χ2n) is 6.50. The Bertz CT molecular complexity index is 646. The molecule has 122 valence electrons. The van der Waals surface area contributed by atoms with E-state index < -0.39 is 26.2 Å². The quantitative estimate of drug-likeness (QED) is 0.517. The SMILES string of the molecule is O=S1N=P(N2CC2)(N2CC2)N=P(N2CC2)(N2CC2)N1N1CC1. The summed E-state index contributed by atoms with van der Waals surface area (Å²) < 4.78 is 35.3. The molecular weight excluding hydrogens is 342 g/mol. The van der Waals surface area contributed by atoms with Crippen LogP contribution in [0.25, 0.3) is 0 Å². The summed E-state index contributed by atoms with van der Waals surface area (Å²) in [6.45, 7) is 10.6. The van der Waals surface area contributed by atoms with Crippen LogP contribution in [0.3, 0.4) is 0 Å². The first-order valence-electron chi connectivity index (χ1n) is 7.99. The summed E-state index contributed by atoms with van der Waals surface area (Å²) in [6.07, 6.45) is 0. The van der Waals surface area contributed by atoms with E-state index in [-0.39, 0.29) is 0 Å². The van der Waals surface area contributed by atoms with Gasteiger partial charge < -0.3 is 0 Å². The van der Waals surface area contributed by atoms with Crippen LogP contribution >= 0.6 is 15.0 Å². The summed E-state index contributed by atoms with van der Waals surface area (Å²) in [5, 5.41) is 2.20. The minimum atomic E-state index is -2.05. The van der Waals surface area contributed by atoms with Gasteiger partial charge in [-0.3, -0.25) is 0 Å². The number of hydrogen-bond donors (Lipinski definition) is 0. The molecule has 9 nitrogen and oxygen atoms in total. The molecule has 6 rings (SSSR count). The number of rotatable bonds is 5. The van der Waals surface area contributed by atoms with Gasteiger partial charge in [-0.25, -0.2) is 27.9 Å². The highest BCUT2D eigenvalue weighted by Gasteiger charge is 2.61. The van der Waals surface area contributed by atoms with E-state index in [2.05, 4.69) is 27.9 Å². The summed E-state index contributed by atoms with van der Waals surface area (Å²) in [5.41, 5.74) is 0. The van der Waals surface area contributed by atoms with Crippen LogP contribution in [0, 0.1) is 0 Å². The van der Waals surface area contributed by atoms with Gasteiger partial charge in [-0.05, 0) is 0 Å². The number of hydrazine groups is 1.